The summed E-state index contributed by atoms with van der Waals surface area (Å²) in [5, 5.41) is 6.25. The fourth-order valence-corrected chi connectivity index (χ4v) is 1.71. The van der Waals surface area contributed by atoms with Crippen molar-refractivity contribution in [3.63, 3.8) is 0 Å². The summed E-state index contributed by atoms with van der Waals surface area (Å²) in [6.45, 7) is 5.95. The molecule has 1 aromatic rings. The number of methoxy groups -OCH3 is 1. The molecule has 0 radical (unpaired) electrons. The Balaban J connectivity index is 0.00000400. The van der Waals surface area contributed by atoms with Gasteiger partial charge >= 0.3 is 5.97 Å². The number of halogens is 1. The minimum absolute atomic E-state index is 0. The van der Waals surface area contributed by atoms with Crippen molar-refractivity contribution in [1.29, 1.82) is 0 Å². The molecule has 0 bridgehead atoms. The summed E-state index contributed by atoms with van der Waals surface area (Å²) in [6.07, 6.45) is 0.325. The number of guanidine groups is 1. The zero-order chi connectivity index (χ0) is 14.8. The van der Waals surface area contributed by atoms with Crippen LogP contribution in [0, 0.1) is 6.92 Å². The van der Waals surface area contributed by atoms with Crippen LogP contribution >= 0.6 is 24.0 Å². The molecule has 0 aliphatic carbocycles. The third kappa shape index (κ3) is 8.54. The van der Waals surface area contributed by atoms with Crippen LogP contribution in [0.4, 0.5) is 0 Å². The number of nitrogens with zero attached hydrogens (tertiary/aromatic N) is 1. The first kappa shape index (κ1) is 19.7. The summed E-state index contributed by atoms with van der Waals surface area (Å²) in [4.78, 5) is 15.5. The van der Waals surface area contributed by atoms with Crippen molar-refractivity contribution in [3.05, 3.63) is 35.4 Å². The van der Waals surface area contributed by atoms with Gasteiger partial charge in [0.25, 0.3) is 0 Å². The quantitative estimate of drug-likeness (QED) is 0.330. The number of esters is 1. The monoisotopic (exact) mass is 405 g/mol. The molecule has 1 aromatic carbocycles. The number of nitrogens with one attached hydrogen (secondary N) is 2. The highest BCUT2D eigenvalue weighted by Crippen LogP contribution is 2.04. The maximum Gasteiger partial charge on any atom is 0.307 e. The maximum atomic E-state index is 11.0. The third-order valence-corrected chi connectivity index (χ3v) is 2.70. The van der Waals surface area contributed by atoms with Crippen LogP contribution < -0.4 is 10.6 Å². The van der Waals surface area contributed by atoms with Gasteiger partial charge < -0.3 is 15.4 Å². The number of hydrogen-bond acceptors (Lipinski definition) is 3. The molecule has 0 saturated heterocycles. The van der Waals surface area contributed by atoms with Crippen LogP contribution in [0.15, 0.2) is 29.3 Å². The first-order valence-electron chi connectivity index (χ1n) is 6.80. The molecule has 2 N–H and O–H groups in total. The van der Waals surface area contributed by atoms with Crippen molar-refractivity contribution in [2.75, 3.05) is 20.2 Å². The van der Waals surface area contributed by atoms with Crippen molar-refractivity contribution in [3.8, 4) is 0 Å². The van der Waals surface area contributed by atoms with E-state index in [1.54, 1.807) is 0 Å². The first-order chi connectivity index (χ1) is 9.65. The lowest BCUT2D eigenvalue weighted by atomic mass is 10.1. The molecular weight excluding hydrogens is 381 g/mol. The highest BCUT2D eigenvalue weighted by Gasteiger charge is 2.01. The highest BCUT2D eigenvalue weighted by molar-refractivity contribution is 14.0. The molecule has 0 aliphatic heterocycles. The Labute approximate surface area is 143 Å². The maximum absolute atomic E-state index is 11.0. The Morgan fingerprint density at radius 3 is 2.71 bits per heavy atom. The molecule has 0 heterocycles. The molecular formula is C15H24IN3O2. The lowest BCUT2D eigenvalue weighted by Gasteiger charge is -2.10. The highest BCUT2D eigenvalue weighted by atomic mass is 127. The van der Waals surface area contributed by atoms with Crippen molar-refractivity contribution in [2.24, 2.45) is 4.99 Å². The van der Waals surface area contributed by atoms with Gasteiger partial charge in [0.15, 0.2) is 5.96 Å². The van der Waals surface area contributed by atoms with E-state index in [-0.39, 0.29) is 29.9 Å². The standard InChI is InChI=1S/C15H23N3O2.HI/c1-4-16-15(17-9-8-14(19)20-3)18-11-13-7-5-6-12(2)10-13;/h5-7,10H,4,8-9,11H2,1-3H3,(H2,16,17,18);1H. The number of aryl methyl sites for hydroxylation is 1. The third-order valence-electron chi connectivity index (χ3n) is 2.70. The van der Waals surface area contributed by atoms with Crippen molar-refractivity contribution in [2.45, 2.75) is 26.8 Å². The number of benzene rings is 1. The van der Waals surface area contributed by atoms with Crippen LogP contribution in [0.1, 0.15) is 24.5 Å². The minimum atomic E-state index is -0.230. The lowest BCUT2D eigenvalue weighted by Crippen LogP contribution is -2.38. The van der Waals surface area contributed by atoms with Crippen LogP contribution in [0.3, 0.4) is 0 Å². The normalized spacial score (nSPS) is 10.5. The molecule has 0 aromatic heterocycles. The number of carbonyl (C=O) groups is 1. The van der Waals surface area contributed by atoms with Gasteiger partial charge in [0, 0.05) is 13.1 Å². The topological polar surface area (TPSA) is 62.7 Å². The summed E-state index contributed by atoms with van der Waals surface area (Å²) >= 11 is 0. The van der Waals surface area contributed by atoms with Gasteiger partial charge in [-0.2, -0.15) is 0 Å². The first-order valence-corrected chi connectivity index (χ1v) is 6.80. The van der Waals surface area contributed by atoms with Crippen LogP contribution in [0.2, 0.25) is 0 Å². The van der Waals surface area contributed by atoms with E-state index >= 15 is 0 Å². The zero-order valence-electron chi connectivity index (χ0n) is 12.8. The molecule has 0 saturated carbocycles. The smallest absolute Gasteiger partial charge is 0.307 e. The van der Waals surface area contributed by atoms with E-state index < -0.39 is 0 Å². The van der Waals surface area contributed by atoms with E-state index in [9.17, 15) is 4.79 Å². The predicted molar refractivity (Wildman–Crippen MR) is 96.0 cm³/mol. The summed E-state index contributed by atoms with van der Waals surface area (Å²) in [6, 6.07) is 8.25. The molecule has 6 heteroatoms. The second-order valence-electron chi connectivity index (χ2n) is 4.44. The Morgan fingerprint density at radius 1 is 1.33 bits per heavy atom. The van der Waals surface area contributed by atoms with E-state index in [2.05, 4.69) is 45.5 Å². The van der Waals surface area contributed by atoms with Gasteiger partial charge in [0.2, 0.25) is 0 Å². The van der Waals surface area contributed by atoms with Crippen LogP contribution in [-0.4, -0.2) is 32.1 Å². The van der Waals surface area contributed by atoms with Gasteiger partial charge in [-0.25, -0.2) is 4.99 Å². The van der Waals surface area contributed by atoms with Crippen molar-refractivity contribution < 1.29 is 9.53 Å². The molecule has 1 rings (SSSR count). The zero-order valence-corrected chi connectivity index (χ0v) is 15.1. The van der Waals surface area contributed by atoms with E-state index in [0.717, 1.165) is 12.1 Å². The number of hydrogen-bond donors (Lipinski definition) is 2. The fraction of sp³-hybridized carbons (Fsp3) is 0.467. The van der Waals surface area contributed by atoms with Gasteiger partial charge in [0.1, 0.15) is 0 Å². The van der Waals surface area contributed by atoms with Crippen LogP contribution in [0.5, 0.6) is 0 Å². The van der Waals surface area contributed by atoms with E-state index in [0.29, 0.717) is 25.5 Å². The van der Waals surface area contributed by atoms with Gasteiger partial charge in [-0.3, -0.25) is 4.79 Å². The number of rotatable bonds is 6. The molecule has 21 heavy (non-hydrogen) atoms. The minimum Gasteiger partial charge on any atom is -0.469 e. The Kier molecular flexibility index (Phi) is 10.7. The average molecular weight is 405 g/mol. The second kappa shape index (κ2) is 11.4. The van der Waals surface area contributed by atoms with Gasteiger partial charge in [-0.15, -0.1) is 24.0 Å². The van der Waals surface area contributed by atoms with Gasteiger partial charge in [0.05, 0.1) is 20.1 Å². The Morgan fingerprint density at radius 2 is 2.10 bits per heavy atom. The van der Waals surface area contributed by atoms with Crippen molar-refractivity contribution in [1.82, 2.24) is 10.6 Å². The largest absolute Gasteiger partial charge is 0.469 e. The molecule has 5 nitrogen and oxygen atoms in total. The predicted octanol–water partition coefficient (Wildman–Crippen LogP) is 2.23. The molecule has 118 valence electrons. The number of aliphatic imine (C=N–C) groups is 1. The number of ether oxygens (including phenoxy) is 1. The Hall–Kier alpha value is -1.31. The molecule has 0 spiro atoms. The second-order valence-corrected chi connectivity index (χ2v) is 4.44. The summed E-state index contributed by atoms with van der Waals surface area (Å²) in [7, 11) is 1.39. The lowest BCUT2D eigenvalue weighted by molar-refractivity contribution is -0.140. The molecule has 0 atom stereocenters. The Bertz CT molecular complexity index is 464. The van der Waals surface area contributed by atoms with Crippen LogP contribution in [-0.2, 0) is 16.1 Å². The van der Waals surface area contributed by atoms with Gasteiger partial charge in [-0.1, -0.05) is 29.8 Å². The summed E-state index contributed by atoms with van der Waals surface area (Å²) < 4.78 is 4.60. The average Bonchev–Trinajstić information content (AvgIpc) is 2.44. The fourth-order valence-electron chi connectivity index (χ4n) is 1.71. The molecule has 0 amide bonds. The van der Waals surface area contributed by atoms with Gasteiger partial charge in [-0.05, 0) is 19.4 Å². The van der Waals surface area contributed by atoms with E-state index in [1.165, 1.54) is 12.7 Å². The van der Waals surface area contributed by atoms with E-state index in [4.69, 9.17) is 0 Å². The number of carbonyl (C=O) groups excluding carboxylic acids is 1. The SMILES string of the molecule is CCNC(=NCc1cccc(C)c1)NCCC(=O)OC.I. The molecule has 0 fully saturated rings. The summed E-state index contributed by atoms with van der Waals surface area (Å²) in [5.41, 5.74) is 2.39. The summed E-state index contributed by atoms with van der Waals surface area (Å²) in [5.74, 6) is 0.477. The van der Waals surface area contributed by atoms with Crippen LogP contribution in [0.25, 0.3) is 0 Å². The molecule has 0 unspecified atom stereocenters. The van der Waals surface area contributed by atoms with E-state index in [1.807, 2.05) is 13.0 Å². The van der Waals surface area contributed by atoms with Crippen molar-refractivity contribution >= 4 is 35.9 Å². The molecule has 0 aliphatic rings.